The van der Waals surface area contributed by atoms with Gasteiger partial charge in [0.1, 0.15) is 4.91 Å². The lowest BCUT2D eigenvalue weighted by Crippen LogP contribution is -2.34. The summed E-state index contributed by atoms with van der Waals surface area (Å²) < 4.78 is 55.1. The normalized spacial score (nSPS) is 13.6. The molecule has 0 radical (unpaired) electrons. The first-order chi connectivity index (χ1) is 16.2. The molecule has 180 valence electrons. The van der Waals surface area contributed by atoms with E-state index in [-0.39, 0.29) is 33.7 Å². The third kappa shape index (κ3) is 6.94. The second-order valence-corrected chi connectivity index (χ2v) is 12.3. The predicted molar refractivity (Wildman–Crippen MR) is 135 cm³/mol. The number of sulfonamides is 1. The van der Waals surface area contributed by atoms with Crippen LogP contribution in [0.3, 0.4) is 0 Å². The summed E-state index contributed by atoms with van der Waals surface area (Å²) in [5.74, 6) is 6.23. The number of unbranched alkanes of at least 4 members (excludes halogenated alkanes) is 2. The van der Waals surface area contributed by atoms with Crippen LogP contribution in [0.15, 0.2) is 81.1 Å². The van der Waals surface area contributed by atoms with Gasteiger partial charge in [-0.25, -0.2) is 16.8 Å². The number of rotatable bonds is 10. The zero-order valence-electron chi connectivity index (χ0n) is 19.7. The average molecular weight is 498 g/mol. The Kier molecular flexibility index (Phi) is 8.93. The third-order valence-electron chi connectivity index (χ3n) is 5.49. The Morgan fingerprint density at radius 2 is 1.65 bits per heavy atom. The molecule has 1 saturated carbocycles. The SMILES string of the molecule is CCCCC#CCN(CC(=C=CC1CC1)S(=O)(=O)c1ccccc1)S(=O)(=O)c1ccc(C)cc1. The van der Waals surface area contributed by atoms with Crippen LogP contribution in [0, 0.1) is 24.7 Å². The number of hydrogen-bond donors (Lipinski definition) is 0. The minimum absolute atomic E-state index is 0.0726. The molecule has 0 N–H and O–H groups in total. The van der Waals surface area contributed by atoms with E-state index in [9.17, 15) is 16.8 Å². The summed E-state index contributed by atoms with van der Waals surface area (Å²) in [6.45, 7) is 3.51. The van der Waals surface area contributed by atoms with Gasteiger partial charge in [0.25, 0.3) is 0 Å². The van der Waals surface area contributed by atoms with Crippen LogP contribution in [0.4, 0.5) is 0 Å². The number of benzene rings is 2. The van der Waals surface area contributed by atoms with E-state index in [1.54, 1.807) is 36.4 Å². The molecule has 0 aliphatic heterocycles. The molecule has 1 fully saturated rings. The Bertz CT molecular complexity index is 1310. The Morgan fingerprint density at radius 1 is 0.971 bits per heavy atom. The predicted octanol–water partition coefficient (Wildman–Crippen LogP) is 5.10. The van der Waals surface area contributed by atoms with Crippen LogP contribution in [-0.2, 0) is 19.9 Å². The van der Waals surface area contributed by atoms with Gasteiger partial charge in [-0.1, -0.05) is 55.2 Å². The van der Waals surface area contributed by atoms with Gasteiger partial charge in [-0.3, -0.25) is 0 Å². The first-order valence-corrected chi connectivity index (χ1v) is 14.5. The van der Waals surface area contributed by atoms with E-state index < -0.39 is 19.9 Å². The summed E-state index contributed by atoms with van der Waals surface area (Å²) in [6, 6.07) is 14.6. The number of sulfone groups is 1. The van der Waals surface area contributed by atoms with Crippen LogP contribution in [0.1, 0.15) is 44.6 Å². The van der Waals surface area contributed by atoms with Gasteiger partial charge < -0.3 is 0 Å². The van der Waals surface area contributed by atoms with E-state index in [1.807, 2.05) is 6.92 Å². The monoisotopic (exact) mass is 497 g/mol. The van der Waals surface area contributed by atoms with E-state index in [0.717, 1.165) is 35.6 Å². The Labute approximate surface area is 204 Å². The second kappa shape index (κ2) is 11.7. The lowest BCUT2D eigenvalue weighted by molar-refractivity contribution is 0.474. The molecule has 0 spiro atoms. The van der Waals surface area contributed by atoms with Gasteiger partial charge in [0, 0.05) is 6.42 Å². The summed E-state index contributed by atoms with van der Waals surface area (Å²) in [6.07, 6.45) is 6.31. The van der Waals surface area contributed by atoms with Crippen LogP contribution in [0.25, 0.3) is 0 Å². The fourth-order valence-electron chi connectivity index (χ4n) is 3.17. The molecular formula is C27H31NO4S2. The summed E-state index contributed by atoms with van der Waals surface area (Å²) in [5, 5.41) is 0. The molecule has 1 aliphatic carbocycles. The van der Waals surface area contributed by atoms with Gasteiger partial charge in [0.2, 0.25) is 19.9 Å². The molecule has 0 amide bonds. The van der Waals surface area contributed by atoms with Crippen molar-refractivity contribution in [3.8, 4) is 11.8 Å². The Balaban J connectivity index is 2.02. The molecule has 5 nitrogen and oxygen atoms in total. The van der Waals surface area contributed by atoms with Crippen molar-refractivity contribution < 1.29 is 16.8 Å². The molecule has 0 bridgehead atoms. The molecule has 0 unspecified atom stereocenters. The van der Waals surface area contributed by atoms with Crippen molar-refractivity contribution in [2.24, 2.45) is 5.92 Å². The maximum Gasteiger partial charge on any atom is 0.244 e. The van der Waals surface area contributed by atoms with E-state index in [2.05, 4.69) is 24.5 Å². The zero-order valence-corrected chi connectivity index (χ0v) is 21.3. The fraction of sp³-hybridized carbons (Fsp3) is 0.370. The van der Waals surface area contributed by atoms with Crippen molar-refractivity contribution in [3.63, 3.8) is 0 Å². The van der Waals surface area contributed by atoms with Gasteiger partial charge in [-0.05, 0) is 62.4 Å². The van der Waals surface area contributed by atoms with Crippen molar-refractivity contribution in [2.45, 2.75) is 55.7 Å². The highest BCUT2D eigenvalue weighted by Gasteiger charge is 2.30. The number of aryl methyl sites for hydroxylation is 1. The van der Waals surface area contributed by atoms with E-state index in [4.69, 9.17) is 0 Å². The maximum absolute atomic E-state index is 13.5. The minimum Gasteiger partial charge on any atom is -0.218 e. The van der Waals surface area contributed by atoms with Crippen LogP contribution >= 0.6 is 0 Å². The molecule has 0 saturated heterocycles. The maximum atomic E-state index is 13.5. The van der Waals surface area contributed by atoms with E-state index >= 15 is 0 Å². The molecule has 2 aromatic carbocycles. The standard InChI is InChI=1S/C27H31NO4S2/c1-3-4-5-6-10-21-28(34(31,32)26-18-13-23(2)14-19-26)22-27(20-17-24-15-16-24)33(29,30)25-11-8-7-9-12-25/h7-9,11-14,17-19,24H,3-5,15-16,21-22H2,1-2H3. The highest BCUT2D eigenvalue weighted by Crippen LogP contribution is 2.30. The van der Waals surface area contributed by atoms with Gasteiger partial charge in [-0.2, -0.15) is 4.31 Å². The molecule has 34 heavy (non-hydrogen) atoms. The van der Waals surface area contributed by atoms with Crippen molar-refractivity contribution >= 4 is 19.9 Å². The van der Waals surface area contributed by atoms with Crippen LogP contribution < -0.4 is 0 Å². The number of hydrogen-bond acceptors (Lipinski definition) is 4. The first kappa shape index (κ1) is 26.0. The van der Waals surface area contributed by atoms with Crippen LogP contribution in [0.2, 0.25) is 0 Å². The third-order valence-corrected chi connectivity index (χ3v) is 9.09. The van der Waals surface area contributed by atoms with E-state index in [1.165, 1.54) is 24.3 Å². The van der Waals surface area contributed by atoms with Gasteiger partial charge >= 0.3 is 0 Å². The zero-order chi connectivity index (χ0) is 24.6. The highest BCUT2D eigenvalue weighted by atomic mass is 32.2. The lowest BCUT2D eigenvalue weighted by Gasteiger charge is -2.21. The van der Waals surface area contributed by atoms with Crippen molar-refractivity contribution in [2.75, 3.05) is 13.1 Å². The summed E-state index contributed by atoms with van der Waals surface area (Å²) in [4.78, 5) is 0.149. The average Bonchev–Trinajstić information content (AvgIpc) is 3.65. The Morgan fingerprint density at radius 3 is 2.26 bits per heavy atom. The van der Waals surface area contributed by atoms with Crippen LogP contribution in [0.5, 0.6) is 0 Å². The first-order valence-electron chi connectivity index (χ1n) is 11.5. The minimum atomic E-state index is -3.98. The van der Waals surface area contributed by atoms with E-state index in [0.29, 0.717) is 6.42 Å². The summed E-state index contributed by atoms with van der Waals surface area (Å²) >= 11 is 0. The van der Waals surface area contributed by atoms with Crippen molar-refractivity contribution in [1.29, 1.82) is 0 Å². The summed E-state index contributed by atoms with van der Waals surface area (Å²) in [7, 11) is -7.91. The lowest BCUT2D eigenvalue weighted by atomic mass is 10.2. The smallest absolute Gasteiger partial charge is 0.218 e. The quantitative estimate of drug-likeness (QED) is 0.260. The fourth-order valence-corrected chi connectivity index (χ4v) is 5.91. The van der Waals surface area contributed by atoms with Crippen molar-refractivity contribution in [1.82, 2.24) is 4.31 Å². The topological polar surface area (TPSA) is 71.5 Å². The second-order valence-electron chi connectivity index (χ2n) is 8.43. The molecule has 0 aromatic heterocycles. The van der Waals surface area contributed by atoms with Gasteiger partial charge in [0.15, 0.2) is 0 Å². The largest absolute Gasteiger partial charge is 0.244 e. The number of nitrogens with zero attached hydrogens (tertiary/aromatic N) is 1. The molecule has 7 heteroatoms. The molecular weight excluding hydrogens is 466 g/mol. The molecule has 0 atom stereocenters. The van der Waals surface area contributed by atoms with Gasteiger partial charge in [-0.15, -0.1) is 11.7 Å². The Hall–Kier alpha value is -2.62. The molecule has 0 heterocycles. The molecule has 1 aliphatic rings. The molecule has 2 aromatic rings. The molecule has 3 rings (SSSR count). The van der Waals surface area contributed by atoms with Gasteiger partial charge in [0.05, 0.1) is 22.9 Å². The summed E-state index contributed by atoms with van der Waals surface area (Å²) in [5.41, 5.74) is 3.88. The van der Waals surface area contributed by atoms with Crippen LogP contribution in [-0.4, -0.2) is 34.2 Å². The van der Waals surface area contributed by atoms with Crippen molar-refractivity contribution in [3.05, 3.63) is 76.9 Å². The highest BCUT2D eigenvalue weighted by molar-refractivity contribution is 7.95.